The predicted octanol–water partition coefficient (Wildman–Crippen LogP) is 2.68. The lowest BCUT2D eigenvalue weighted by Crippen LogP contribution is -2.53. The molecule has 0 radical (unpaired) electrons. The second-order valence-electron chi connectivity index (χ2n) is 10.5. The lowest BCUT2D eigenvalue weighted by Gasteiger charge is -2.51. The van der Waals surface area contributed by atoms with Gasteiger partial charge >= 0.3 is 0 Å². The summed E-state index contributed by atoms with van der Waals surface area (Å²) in [6.45, 7) is 5.48. The van der Waals surface area contributed by atoms with E-state index in [-0.39, 0.29) is 29.5 Å². The molecule has 0 spiro atoms. The van der Waals surface area contributed by atoms with Crippen LogP contribution in [0.15, 0.2) is 35.5 Å². The summed E-state index contributed by atoms with van der Waals surface area (Å²) in [4.78, 5) is 13.0. The Hall–Kier alpha value is -1.27. The third kappa shape index (κ3) is 3.54. The van der Waals surface area contributed by atoms with Crippen LogP contribution in [0.3, 0.4) is 0 Å². The maximum atomic E-state index is 13.0. The van der Waals surface area contributed by atoms with Crippen molar-refractivity contribution in [3.05, 3.63) is 35.5 Å². The van der Waals surface area contributed by atoms with Crippen LogP contribution < -0.4 is 0 Å². The first-order valence-electron chi connectivity index (χ1n) is 11.4. The zero-order valence-corrected chi connectivity index (χ0v) is 18.3. The largest absolute Gasteiger partial charge is 0.393 e. The summed E-state index contributed by atoms with van der Waals surface area (Å²) in [6.07, 6.45) is 9.37. The summed E-state index contributed by atoms with van der Waals surface area (Å²) in [5, 5.41) is 42.5. The summed E-state index contributed by atoms with van der Waals surface area (Å²) in [5.41, 5.74) is 0.624. The lowest BCUT2D eigenvalue weighted by molar-refractivity contribution is -0.119. The minimum atomic E-state index is -1.15. The summed E-state index contributed by atoms with van der Waals surface area (Å²) in [7, 11) is 0. The minimum absolute atomic E-state index is 0.0399. The van der Waals surface area contributed by atoms with Gasteiger partial charge in [-0.1, -0.05) is 36.3 Å². The van der Waals surface area contributed by atoms with E-state index in [4.69, 9.17) is 0 Å². The minimum Gasteiger partial charge on any atom is -0.393 e. The van der Waals surface area contributed by atoms with Crippen LogP contribution in [0.1, 0.15) is 59.3 Å². The second-order valence-corrected chi connectivity index (χ2v) is 10.5. The predicted molar refractivity (Wildman–Crippen MR) is 114 cm³/mol. The van der Waals surface area contributed by atoms with Crippen molar-refractivity contribution in [1.82, 2.24) is 0 Å². The zero-order chi connectivity index (χ0) is 21.8. The number of ketones is 1. The molecule has 4 rings (SSSR count). The number of aliphatic hydroxyl groups is 4. The third-order valence-electron chi connectivity index (χ3n) is 8.49. The van der Waals surface area contributed by atoms with Crippen molar-refractivity contribution in [3.63, 3.8) is 0 Å². The van der Waals surface area contributed by atoms with Crippen molar-refractivity contribution >= 4 is 5.78 Å². The van der Waals surface area contributed by atoms with Crippen LogP contribution in [-0.2, 0) is 4.79 Å². The van der Waals surface area contributed by atoms with Gasteiger partial charge in [0.25, 0.3) is 0 Å². The molecule has 0 amide bonds. The Kier molecular flexibility index (Phi) is 5.63. The molecule has 2 fully saturated rings. The van der Waals surface area contributed by atoms with Crippen LogP contribution >= 0.6 is 0 Å². The van der Waals surface area contributed by atoms with Crippen LogP contribution in [-0.4, -0.2) is 50.1 Å². The van der Waals surface area contributed by atoms with Gasteiger partial charge in [0.05, 0.1) is 23.9 Å². The van der Waals surface area contributed by atoms with Gasteiger partial charge in [-0.25, -0.2) is 0 Å². The normalized spacial score (nSPS) is 44.3. The Labute approximate surface area is 179 Å². The van der Waals surface area contributed by atoms with Crippen molar-refractivity contribution < 1.29 is 25.2 Å². The Morgan fingerprint density at radius 2 is 2.00 bits per heavy atom. The Bertz CT molecular complexity index is 791. The van der Waals surface area contributed by atoms with E-state index in [1.807, 2.05) is 6.08 Å². The van der Waals surface area contributed by atoms with Gasteiger partial charge in [-0.15, -0.1) is 0 Å². The number of allylic oxidation sites excluding steroid dienone is 3. The average molecular weight is 417 g/mol. The number of carbonyl (C=O) groups is 1. The van der Waals surface area contributed by atoms with E-state index in [1.54, 1.807) is 26.0 Å². The molecular weight excluding hydrogens is 380 g/mol. The topological polar surface area (TPSA) is 98.0 Å². The van der Waals surface area contributed by atoms with Gasteiger partial charge in [0.2, 0.25) is 0 Å². The van der Waals surface area contributed by atoms with E-state index in [0.29, 0.717) is 25.7 Å². The molecule has 9 atom stereocenters. The van der Waals surface area contributed by atoms with E-state index >= 15 is 0 Å². The molecule has 0 saturated heterocycles. The fourth-order valence-electron chi connectivity index (χ4n) is 6.93. The van der Waals surface area contributed by atoms with Crippen LogP contribution in [0.25, 0.3) is 0 Å². The molecule has 0 aromatic carbocycles. The maximum absolute atomic E-state index is 13.0. The summed E-state index contributed by atoms with van der Waals surface area (Å²) in [5.74, 6) is -0.155. The smallest absolute Gasteiger partial charge is 0.159 e. The fraction of sp³-hybridized carbons (Fsp3) is 0.720. The Balaban J connectivity index is 1.72. The Morgan fingerprint density at radius 3 is 2.70 bits per heavy atom. The van der Waals surface area contributed by atoms with Crippen molar-refractivity contribution in [2.45, 2.75) is 83.2 Å². The zero-order valence-electron chi connectivity index (χ0n) is 18.3. The van der Waals surface area contributed by atoms with Crippen LogP contribution in [0, 0.1) is 29.1 Å². The van der Waals surface area contributed by atoms with E-state index in [0.717, 1.165) is 18.4 Å². The van der Waals surface area contributed by atoms with Crippen LogP contribution in [0.4, 0.5) is 0 Å². The highest BCUT2D eigenvalue weighted by molar-refractivity contribution is 5.93. The summed E-state index contributed by atoms with van der Waals surface area (Å²) < 4.78 is 0. The van der Waals surface area contributed by atoms with Crippen molar-refractivity contribution in [3.8, 4) is 0 Å². The van der Waals surface area contributed by atoms with Gasteiger partial charge in [-0.2, -0.15) is 0 Å². The molecule has 0 aromatic rings. The molecule has 5 heteroatoms. The fourth-order valence-corrected chi connectivity index (χ4v) is 6.93. The van der Waals surface area contributed by atoms with Crippen LogP contribution in [0.5, 0.6) is 0 Å². The average Bonchev–Trinajstić information content (AvgIpc) is 2.85. The molecule has 4 N–H and O–H groups in total. The number of aliphatic hydroxyl groups excluding tert-OH is 3. The van der Waals surface area contributed by atoms with Gasteiger partial charge in [0.15, 0.2) is 5.78 Å². The van der Waals surface area contributed by atoms with Gasteiger partial charge < -0.3 is 20.4 Å². The molecule has 0 aliphatic heterocycles. The molecular formula is C25H36O5. The standard InChI is InChI=1S/C25H36O5/c1-14(26)8-9-24(2,30)22-7-6-20-19-12-21(28)16-10-15(4-5-17(27)11-16)18(19)13-23(29)25(20,22)3/h4,8-9,12,14,16-18,20,22-23,26-27,29-30H,5-7,10-11,13H2,1-3H3. The molecule has 2 saturated carbocycles. The van der Waals surface area contributed by atoms with Crippen LogP contribution in [0.2, 0.25) is 0 Å². The number of rotatable bonds is 3. The molecule has 30 heavy (non-hydrogen) atoms. The highest BCUT2D eigenvalue weighted by atomic mass is 16.3. The number of carbonyl (C=O) groups excluding carboxylic acids is 1. The number of hydrogen-bond donors (Lipinski definition) is 4. The highest BCUT2D eigenvalue weighted by Gasteiger charge is 2.61. The van der Waals surface area contributed by atoms with E-state index < -0.39 is 29.3 Å². The molecule has 2 bridgehead atoms. The molecule has 166 valence electrons. The first kappa shape index (κ1) is 21.9. The van der Waals surface area contributed by atoms with Crippen molar-refractivity contribution in [2.75, 3.05) is 0 Å². The summed E-state index contributed by atoms with van der Waals surface area (Å²) in [6, 6.07) is 0. The van der Waals surface area contributed by atoms with Gasteiger partial charge in [-0.05, 0) is 70.3 Å². The lowest BCUT2D eigenvalue weighted by atomic mass is 9.55. The quantitative estimate of drug-likeness (QED) is 0.530. The first-order valence-corrected chi connectivity index (χ1v) is 11.4. The van der Waals surface area contributed by atoms with E-state index in [1.165, 1.54) is 5.57 Å². The van der Waals surface area contributed by atoms with E-state index in [2.05, 4.69) is 13.0 Å². The van der Waals surface area contributed by atoms with Gasteiger partial charge in [-0.3, -0.25) is 4.79 Å². The van der Waals surface area contributed by atoms with Gasteiger partial charge in [0.1, 0.15) is 0 Å². The van der Waals surface area contributed by atoms with Gasteiger partial charge in [0, 0.05) is 17.3 Å². The molecule has 4 aliphatic carbocycles. The SMILES string of the molecule is CC(O)C=CC(C)(O)C1CCC2C3=CC(=O)C4CC(=CCC(O)C4)C3CC(O)C21C. The second kappa shape index (κ2) is 7.70. The molecule has 0 aromatic heterocycles. The van der Waals surface area contributed by atoms with Crippen molar-refractivity contribution in [1.29, 1.82) is 0 Å². The number of hydrogen-bond acceptors (Lipinski definition) is 5. The monoisotopic (exact) mass is 416 g/mol. The van der Waals surface area contributed by atoms with Crippen molar-refractivity contribution in [2.24, 2.45) is 29.1 Å². The Morgan fingerprint density at radius 1 is 1.27 bits per heavy atom. The van der Waals surface area contributed by atoms with E-state index in [9.17, 15) is 25.2 Å². The molecule has 4 aliphatic rings. The maximum Gasteiger partial charge on any atom is 0.159 e. The molecule has 5 nitrogen and oxygen atoms in total. The highest BCUT2D eigenvalue weighted by Crippen LogP contribution is 2.63. The first-order chi connectivity index (χ1) is 14.0. The number of fused-ring (bicyclic) bond motifs is 6. The third-order valence-corrected chi connectivity index (χ3v) is 8.49. The molecule has 9 unspecified atom stereocenters. The molecule has 0 heterocycles. The summed E-state index contributed by atoms with van der Waals surface area (Å²) >= 11 is 0.